The summed E-state index contributed by atoms with van der Waals surface area (Å²) >= 11 is 0. The van der Waals surface area contributed by atoms with Crippen molar-refractivity contribution in [2.75, 3.05) is 7.11 Å². The van der Waals surface area contributed by atoms with Crippen molar-refractivity contribution in [3.05, 3.63) is 59.0 Å². The maximum Gasteiger partial charge on any atom is 0.166 e. The van der Waals surface area contributed by atoms with Crippen LogP contribution in [0.15, 0.2) is 36.5 Å². The zero-order valence-corrected chi connectivity index (χ0v) is 13.1. The summed E-state index contributed by atoms with van der Waals surface area (Å²) in [5.41, 5.74) is 4.29. The predicted molar refractivity (Wildman–Crippen MR) is 86.1 cm³/mol. The van der Waals surface area contributed by atoms with Crippen LogP contribution in [0, 0.1) is 6.92 Å². The Morgan fingerprint density at radius 3 is 2.91 bits per heavy atom. The normalized spacial score (nSPS) is 17.3. The fourth-order valence-electron chi connectivity index (χ4n) is 3.33. The van der Waals surface area contributed by atoms with Crippen LogP contribution in [-0.4, -0.2) is 27.5 Å². The Bertz CT molecular complexity index is 914. The molecule has 1 aromatic carbocycles. The maximum atomic E-state index is 12.6. The first-order valence-corrected chi connectivity index (χ1v) is 7.67. The van der Waals surface area contributed by atoms with E-state index in [9.17, 15) is 4.79 Å². The molecule has 3 aromatic rings. The first kappa shape index (κ1) is 13.9. The molecule has 1 atom stereocenters. The van der Waals surface area contributed by atoms with E-state index in [2.05, 4.69) is 10.1 Å². The molecular formula is C18H17N3O2. The Labute approximate surface area is 133 Å². The maximum absolute atomic E-state index is 12.6. The second kappa shape index (κ2) is 5.19. The number of carbonyl (C=O) groups is 1. The molecule has 0 amide bonds. The third-order valence-electron chi connectivity index (χ3n) is 4.40. The third-order valence-corrected chi connectivity index (χ3v) is 4.40. The molecule has 1 aliphatic rings. The SMILES string of the molecule is COc1ccccc1C1CC(=O)c2cn3nc(C)cc3nc2C1. The van der Waals surface area contributed by atoms with Crippen LogP contribution in [0.25, 0.3) is 5.65 Å². The number of nitrogens with zero attached hydrogens (tertiary/aromatic N) is 3. The standard InChI is InChI=1S/C18H17N3O2/c1-11-7-18-19-15-8-12(13-5-3-4-6-17(13)23-2)9-16(22)14(15)10-21(18)20-11/h3-7,10,12H,8-9H2,1-2H3. The molecular weight excluding hydrogens is 290 g/mol. The number of fused-ring (bicyclic) bond motifs is 2. The van der Waals surface area contributed by atoms with E-state index in [1.165, 1.54) is 0 Å². The number of Topliss-reactive ketones (excluding diaryl/α,β-unsaturated/α-hetero) is 1. The van der Waals surface area contributed by atoms with Crippen molar-refractivity contribution in [3.8, 4) is 5.75 Å². The van der Waals surface area contributed by atoms with Gasteiger partial charge < -0.3 is 4.74 Å². The lowest BCUT2D eigenvalue weighted by atomic mass is 9.82. The highest BCUT2D eigenvalue weighted by Crippen LogP contribution is 2.36. The first-order valence-electron chi connectivity index (χ1n) is 7.67. The molecule has 1 unspecified atom stereocenters. The predicted octanol–water partition coefficient (Wildman–Crippen LogP) is 2.96. The van der Waals surface area contributed by atoms with E-state index < -0.39 is 0 Å². The number of aromatic nitrogens is 3. The van der Waals surface area contributed by atoms with Crippen molar-refractivity contribution < 1.29 is 9.53 Å². The summed E-state index contributed by atoms with van der Waals surface area (Å²) in [5, 5.41) is 4.34. The molecule has 4 rings (SSSR count). The summed E-state index contributed by atoms with van der Waals surface area (Å²) in [6.45, 7) is 1.92. The van der Waals surface area contributed by atoms with Gasteiger partial charge in [0.15, 0.2) is 11.4 Å². The van der Waals surface area contributed by atoms with Gasteiger partial charge in [0.05, 0.1) is 24.1 Å². The van der Waals surface area contributed by atoms with Gasteiger partial charge in [0.25, 0.3) is 0 Å². The molecule has 0 saturated heterocycles. The smallest absolute Gasteiger partial charge is 0.166 e. The molecule has 116 valence electrons. The molecule has 5 nitrogen and oxygen atoms in total. The summed E-state index contributed by atoms with van der Waals surface area (Å²) in [6.07, 6.45) is 3.02. The van der Waals surface area contributed by atoms with Gasteiger partial charge in [-0.1, -0.05) is 18.2 Å². The number of para-hydroxylation sites is 1. The second-order valence-electron chi connectivity index (χ2n) is 5.96. The Kier molecular flexibility index (Phi) is 3.15. The fraction of sp³-hybridized carbons (Fsp3) is 0.278. The number of aryl methyl sites for hydroxylation is 1. The summed E-state index contributed by atoms with van der Waals surface area (Å²) in [6, 6.07) is 9.82. The summed E-state index contributed by atoms with van der Waals surface area (Å²) < 4.78 is 7.14. The highest BCUT2D eigenvalue weighted by atomic mass is 16.5. The molecule has 0 saturated carbocycles. The molecule has 0 radical (unpaired) electrons. The van der Waals surface area contributed by atoms with Gasteiger partial charge in [-0.3, -0.25) is 4.79 Å². The van der Waals surface area contributed by atoms with Crippen LogP contribution in [0.5, 0.6) is 5.75 Å². The zero-order valence-electron chi connectivity index (χ0n) is 13.1. The highest BCUT2D eigenvalue weighted by molar-refractivity contribution is 5.98. The number of rotatable bonds is 2. The second-order valence-corrected chi connectivity index (χ2v) is 5.96. The zero-order chi connectivity index (χ0) is 16.0. The van der Waals surface area contributed by atoms with E-state index in [0.717, 1.165) is 34.8 Å². The molecule has 2 heterocycles. The van der Waals surface area contributed by atoms with Gasteiger partial charge in [-0.25, -0.2) is 9.50 Å². The summed E-state index contributed by atoms with van der Waals surface area (Å²) in [5.74, 6) is 1.05. The van der Waals surface area contributed by atoms with E-state index in [0.29, 0.717) is 12.0 Å². The van der Waals surface area contributed by atoms with Gasteiger partial charge in [0.1, 0.15) is 5.75 Å². The number of hydrogen-bond acceptors (Lipinski definition) is 4. The van der Waals surface area contributed by atoms with Crippen LogP contribution in [0.1, 0.15) is 39.6 Å². The van der Waals surface area contributed by atoms with E-state index in [-0.39, 0.29) is 11.7 Å². The molecule has 0 bridgehead atoms. The minimum Gasteiger partial charge on any atom is -0.496 e. The molecule has 0 spiro atoms. The highest BCUT2D eigenvalue weighted by Gasteiger charge is 2.29. The van der Waals surface area contributed by atoms with Gasteiger partial charge in [-0.2, -0.15) is 5.10 Å². The Morgan fingerprint density at radius 2 is 2.09 bits per heavy atom. The van der Waals surface area contributed by atoms with Crippen molar-refractivity contribution in [3.63, 3.8) is 0 Å². The van der Waals surface area contributed by atoms with Crippen LogP contribution in [0.3, 0.4) is 0 Å². The topological polar surface area (TPSA) is 56.5 Å². The fourth-order valence-corrected chi connectivity index (χ4v) is 3.33. The van der Waals surface area contributed by atoms with Gasteiger partial charge in [-0.05, 0) is 25.0 Å². The quantitative estimate of drug-likeness (QED) is 0.730. The van der Waals surface area contributed by atoms with E-state index in [4.69, 9.17) is 4.74 Å². The number of hydrogen-bond donors (Lipinski definition) is 0. The van der Waals surface area contributed by atoms with Crippen molar-refractivity contribution >= 4 is 11.4 Å². The van der Waals surface area contributed by atoms with Gasteiger partial charge in [0.2, 0.25) is 0 Å². The van der Waals surface area contributed by atoms with E-state index >= 15 is 0 Å². The van der Waals surface area contributed by atoms with Crippen LogP contribution in [0.2, 0.25) is 0 Å². The van der Waals surface area contributed by atoms with Crippen molar-refractivity contribution in [2.45, 2.75) is 25.7 Å². The van der Waals surface area contributed by atoms with Crippen LogP contribution in [-0.2, 0) is 6.42 Å². The number of ether oxygens (including phenoxy) is 1. The lowest BCUT2D eigenvalue weighted by molar-refractivity contribution is 0.0962. The summed E-state index contributed by atoms with van der Waals surface area (Å²) in [4.78, 5) is 17.3. The van der Waals surface area contributed by atoms with Crippen molar-refractivity contribution in [2.24, 2.45) is 0 Å². The van der Waals surface area contributed by atoms with Gasteiger partial charge in [-0.15, -0.1) is 0 Å². The van der Waals surface area contributed by atoms with E-state index in [1.807, 2.05) is 43.5 Å². The minimum atomic E-state index is 0.102. The molecule has 0 fully saturated rings. The monoisotopic (exact) mass is 307 g/mol. The molecule has 23 heavy (non-hydrogen) atoms. The lowest BCUT2D eigenvalue weighted by Gasteiger charge is -2.24. The Morgan fingerprint density at radius 1 is 1.26 bits per heavy atom. The number of ketones is 1. The Hall–Kier alpha value is -2.69. The van der Waals surface area contributed by atoms with Gasteiger partial charge >= 0.3 is 0 Å². The Balaban J connectivity index is 1.79. The van der Waals surface area contributed by atoms with Gasteiger partial charge in [0, 0.05) is 24.6 Å². The number of benzene rings is 1. The van der Waals surface area contributed by atoms with Crippen molar-refractivity contribution in [1.82, 2.24) is 14.6 Å². The summed E-state index contributed by atoms with van der Waals surface area (Å²) in [7, 11) is 1.66. The largest absolute Gasteiger partial charge is 0.496 e. The number of carbonyl (C=O) groups excluding carboxylic acids is 1. The lowest BCUT2D eigenvalue weighted by Crippen LogP contribution is -2.21. The van der Waals surface area contributed by atoms with E-state index in [1.54, 1.807) is 11.6 Å². The van der Waals surface area contributed by atoms with Crippen LogP contribution >= 0.6 is 0 Å². The minimum absolute atomic E-state index is 0.102. The van der Waals surface area contributed by atoms with Crippen molar-refractivity contribution in [1.29, 1.82) is 0 Å². The first-order chi connectivity index (χ1) is 11.2. The van der Waals surface area contributed by atoms with Crippen LogP contribution in [0.4, 0.5) is 0 Å². The van der Waals surface area contributed by atoms with Crippen LogP contribution < -0.4 is 4.74 Å². The number of methoxy groups -OCH3 is 1. The third kappa shape index (κ3) is 2.29. The molecule has 1 aliphatic carbocycles. The average molecular weight is 307 g/mol. The molecule has 2 aromatic heterocycles. The average Bonchev–Trinajstić information content (AvgIpc) is 2.92. The molecule has 0 aliphatic heterocycles. The molecule has 5 heteroatoms. The molecule has 0 N–H and O–H groups in total.